The van der Waals surface area contributed by atoms with Crippen LogP contribution < -0.4 is 4.90 Å². The fourth-order valence-electron chi connectivity index (χ4n) is 2.31. The first kappa shape index (κ1) is 14.7. The number of aliphatic imine (C=N–C) groups is 1. The second-order valence-corrected chi connectivity index (χ2v) is 6.00. The molecule has 6 nitrogen and oxygen atoms in total. The second-order valence-electron chi connectivity index (χ2n) is 4.95. The molecule has 22 heavy (non-hydrogen) atoms. The monoisotopic (exact) mass is 315 g/mol. The quantitative estimate of drug-likeness (QED) is 0.686. The van der Waals surface area contributed by atoms with Gasteiger partial charge in [-0.2, -0.15) is 5.10 Å². The molecule has 0 spiro atoms. The number of fused-ring (bicyclic) bond motifs is 1. The highest BCUT2D eigenvalue weighted by Gasteiger charge is 2.14. The Kier molecular flexibility index (Phi) is 4.17. The summed E-state index contributed by atoms with van der Waals surface area (Å²) in [6, 6.07) is 5.90. The van der Waals surface area contributed by atoms with Crippen molar-refractivity contribution in [2.75, 3.05) is 25.1 Å². The third-order valence-corrected chi connectivity index (χ3v) is 4.62. The average Bonchev–Trinajstić information content (AvgIpc) is 3.19. The smallest absolute Gasteiger partial charge is 0.154 e. The number of thiophene rings is 1. The lowest BCUT2D eigenvalue weighted by molar-refractivity contribution is 0.290. The summed E-state index contributed by atoms with van der Waals surface area (Å²) in [5.74, 6) is 0.604. The number of H-pyrrole nitrogens is 1. The van der Waals surface area contributed by atoms with Crippen molar-refractivity contribution >= 4 is 39.8 Å². The molecule has 0 unspecified atom stereocenters. The Hall–Kier alpha value is -2.25. The van der Waals surface area contributed by atoms with Gasteiger partial charge in [-0.15, -0.1) is 11.3 Å². The normalized spacial score (nSPS) is 11.0. The number of pyridine rings is 1. The molecule has 2 N–H and O–H groups in total. The number of hydrogen-bond donors (Lipinski definition) is 2. The van der Waals surface area contributed by atoms with Crippen molar-refractivity contribution in [2.45, 2.75) is 6.42 Å². The average molecular weight is 315 g/mol. The molecule has 0 saturated heterocycles. The van der Waals surface area contributed by atoms with E-state index in [1.165, 1.54) is 0 Å². The predicted octanol–water partition coefficient (Wildman–Crippen LogP) is 2.84. The number of aromatic nitrogens is 3. The van der Waals surface area contributed by atoms with Crippen LogP contribution in [-0.2, 0) is 0 Å². The topological polar surface area (TPSA) is 77.4 Å². The molecular weight excluding hydrogens is 298 g/mol. The van der Waals surface area contributed by atoms with Gasteiger partial charge in [-0.05, 0) is 25.3 Å². The first-order valence-corrected chi connectivity index (χ1v) is 7.77. The van der Waals surface area contributed by atoms with Gasteiger partial charge in [0, 0.05) is 32.5 Å². The maximum atomic E-state index is 9.03. The van der Waals surface area contributed by atoms with Gasteiger partial charge in [-0.1, -0.05) is 0 Å². The second kappa shape index (κ2) is 6.25. The zero-order valence-electron chi connectivity index (χ0n) is 12.3. The Labute approximate surface area is 132 Å². The van der Waals surface area contributed by atoms with Gasteiger partial charge in [0.05, 0.1) is 26.5 Å². The lowest BCUT2D eigenvalue weighted by atomic mass is 10.2. The Morgan fingerprint density at radius 3 is 3.00 bits per heavy atom. The molecule has 0 aliphatic carbocycles. The zero-order chi connectivity index (χ0) is 15.5. The number of hydrogen-bond acceptors (Lipinski definition) is 6. The third-order valence-electron chi connectivity index (χ3n) is 3.44. The highest BCUT2D eigenvalue weighted by Crippen LogP contribution is 2.38. The number of rotatable bonds is 6. The first-order chi connectivity index (χ1) is 10.7. The van der Waals surface area contributed by atoms with Crippen LogP contribution in [0.1, 0.15) is 6.42 Å². The summed E-state index contributed by atoms with van der Waals surface area (Å²) < 4.78 is 1.09. The highest BCUT2D eigenvalue weighted by molar-refractivity contribution is 7.22. The van der Waals surface area contributed by atoms with E-state index in [1.807, 2.05) is 25.2 Å². The molecule has 0 amide bonds. The Bertz CT molecular complexity index is 781. The van der Waals surface area contributed by atoms with Crippen LogP contribution in [0, 0.1) is 0 Å². The minimum Gasteiger partial charge on any atom is -0.396 e. The summed E-state index contributed by atoms with van der Waals surface area (Å²) in [6.45, 7) is 4.52. The van der Waals surface area contributed by atoms with E-state index in [0.717, 1.165) is 39.4 Å². The van der Waals surface area contributed by atoms with Crippen LogP contribution >= 0.6 is 11.3 Å². The van der Waals surface area contributed by atoms with Crippen molar-refractivity contribution < 1.29 is 5.11 Å². The summed E-state index contributed by atoms with van der Waals surface area (Å²) in [6.07, 6.45) is 2.45. The van der Waals surface area contributed by atoms with E-state index in [0.29, 0.717) is 5.82 Å². The minimum atomic E-state index is 0.176. The van der Waals surface area contributed by atoms with Gasteiger partial charge in [0.2, 0.25) is 0 Å². The molecule has 0 aromatic carbocycles. The summed E-state index contributed by atoms with van der Waals surface area (Å²) in [4.78, 5) is 11.7. The van der Waals surface area contributed by atoms with Crippen molar-refractivity contribution in [3.05, 3.63) is 24.4 Å². The SMILES string of the molecule is C=Nc1cc(N(C)CCCO)c2sc(-c3ccn[nH]3)cc2n1. The summed E-state index contributed by atoms with van der Waals surface area (Å²) in [5, 5.41) is 16.0. The van der Waals surface area contributed by atoms with E-state index in [-0.39, 0.29) is 6.61 Å². The van der Waals surface area contributed by atoms with Crippen LogP contribution in [0.4, 0.5) is 11.5 Å². The molecule has 0 atom stereocenters. The molecule has 0 bridgehead atoms. The molecule has 0 aliphatic rings. The number of aliphatic hydroxyl groups excluding tert-OH is 1. The zero-order valence-corrected chi connectivity index (χ0v) is 13.1. The van der Waals surface area contributed by atoms with Crippen LogP contribution in [0.25, 0.3) is 20.8 Å². The van der Waals surface area contributed by atoms with E-state index < -0.39 is 0 Å². The summed E-state index contributed by atoms with van der Waals surface area (Å²) in [7, 11) is 2.01. The predicted molar refractivity (Wildman–Crippen MR) is 91.4 cm³/mol. The van der Waals surface area contributed by atoms with Crippen LogP contribution in [0.3, 0.4) is 0 Å². The van der Waals surface area contributed by atoms with Gasteiger partial charge in [-0.3, -0.25) is 5.10 Å². The standard InChI is InChI=1S/C15H17N5OS/c1-16-14-9-12(20(2)6-3-7-21)15-11(18-14)8-13(22-15)10-4-5-17-19-10/h4-5,8-9,21H,1,3,6-7H2,2H3,(H,17,19). The van der Waals surface area contributed by atoms with Crippen LogP contribution in [0.15, 0.2) is 29.4 Å². The van der Waals surface area contributed by atoms with Gasteiger partial charge in [0.1, 0.15) is 0 Å². The van der Waals surface area contributed by atoms with Crippen molar-refractivity contribution in [1.82, 2.24) is 15.2 Å². The van der Waals surface area contributed by atoms with Gasteiger partial charge in [-0.25, -0.2) is 9.98 Å². The van der Waals surface area contributed by atoms with Gasteiger partial charge < -0.3 is 10.0 Å². The first-order valence-electron chi connectivity index (χ1n) is 6.96. The fourth-order valence-corrected chi connectivity index (χ4v) is 3.45. The summed E-state index contributed by atoms with van der Waals surface area (Å²) in [5.41, 5.74) is 2.92. The van der Waals surface area contributed by atoms with Gasteiger partial charge in [0.25, 0.3) is 0 Å². The highest BCUT2D eigenvalue weighted by atomic mass is 32.1. The molecular formula is C15H17N5OS. The van der Waals surface area contributed by atoms with Gasteiger partial charge >= 0.3 is 0 Å². The lowest BCUT2D eigenvalue weighted by Crippen LogP contribution is -2.19. The van der Waals surface area contributed by atoms with Crippen LogP contribution in [0.5, 0.6) is 0 Å². The lowest BCUT2D eigenvalue weighted by Gasteiger charge is -2.19. The van der Waals surface area contributed by atoms with Crippen LogP contribution in [0.2, 0.25) is 0 Å². The molecule has 3 heterocycles. The molecule has 3 rings (SSSR count). The molecule has 0 radical (unpaired) electrons. The molecule has 0 fully saturated rings. The molecule has 0 aliphatic heterocycles. The molecule has 3 aromatic heterocycles. The summed E-state index contributed by atoms with van der Waals surface area (Å²) >= 11 is 1.66. The van der Waals surface area contributed by atoms with Crippen molar-refractivity contribution in [1.29, 1.82) is 0 Å². The number of anilines is 1. The van der Waals surface area contributed by atoms with Crippen molar-refractivity contribution in [2.24, 2.45) is 4.99 Å². The minimum absolute atomic E-state index is 0.176. The Balaban J connectivity index is 2.10. The maximum Gasteiger partial charge on any atom is 0.154 e. The van der Waals surface area contributed by atoms with Gasteiger partial charge in [0.15, 0.2) is 5.82 Å². The van der Waals surface area contributed by atoms with Crippen molar-refractivity contribution in [3.63, 3.8) is 0 Å². The maximum absolute atomic E-state index is 9.03. The number of aliphatic hydroxyl groups is 1. The number of nitrogens with one attached hydrogen (secondary N) is 1. The Morgan fingerprint density at radius 2 is 2.32 bits per heavy atom. The molecule has 3 aromatic rings. The van der Waals surface area contributed by atoms with E-state index >= 15 is 0 Å². The fraction of sp³-hybridized carbons (Fsp3) is 0.267. The molecule has 7 heteroatoms. The number of aromatic amines is 1. The number of nitrogens with zero attached hydrogens (tertiary/aromatic N) is 4. The molecule has 0 saturated carbocycles. The van der Waals surface area contributed by atoms with E-state index in [4.69, 9.17) is 5.11 Å². The van der Waals surface area contributed by atoms with Crippen LogP contribution in [-0.4, -0.2) is 47.2 Å². The largest absolute Gasteiger partial charge is 0.396 e. The van der Waals surface area contributed by atoms with E-state index in [2.05, 4.69) is 31.8 Å². The van der Waals surface area contributed by atoms with E-state index in [9.17, 15) is 0 Å². The third kappa shape index (κ3) is 2.72. The Morgan fingerprint density at radius 1 is 1.45 bits per heavy atom. The van der Waals surface area contributed by atoms with Crippen molar-refractivity contribution in [3.8, 4) is 10.6 Å². The molecule has 114 valence electrons. The van der Waals surface area contributed by atoms with E-state index in [1.54, 1.807) is 17.5 Å².